The van der Waals surface area contributed by atoms with E-state index in [0.29, 0.717) is 128 Å². The molecule has 4 heterocycles. The van der Waals surface area contributed by atoms with E-state index in [4.69, 9.17) is 47.4 Å². The second-order valence-corrected chi connectivity index (χ2v) is 16.4. The minimum absolute atomic E-state index is 0.235. The molecule has 302 valence electrons. The standard InChI is InChI=1S/C36H50Br2N2O12S2/c1-43-11-13-47-19-21-51-25-23-49-17-15-45-9-7-39-33(27-3-5-29(37)53-27)31-32(35(39)41)34(28-4-6-30(38)54-28)40(36(31)42)8-10-46-16-18-50-24-26-52-22-20-48-14-12-44-2/h3-6H,7-26H2,1-2H3. The number of carbonyl (C=O) groups is 2. The highest BCUT2D eigenvalue weighted by Gasteiger charge is 2.49. The largest absolute Gasteiger partial charge is 0.382 e. The quantitative estimate of drug-likeness (QED) is 0.0954. The molecule has 2 aliphatic heterocycles. The zero-order valence-corrected chi connectivity index (χ0v) is 35.6. The van der Waals surface area contributed by atoms with E-state index in [1.807, 2.05) is 24.3 Å². The Morgan fingerprint density at radius 2 is 0.722 bits per heavy atom. The zero-order chi connectivity index (χ0) is 38.4. The molecule has 2 aliphatic rings. The highest BCUT2D eigenvalue weighted by atomic mass is 79.9. The predicted octanol–water partition coefficient (Wildman–Crippen LogP) is 4.57. The number of ether oxygens (including phenoxy) is 10. The van der Waals surface area contributed by atoms with Crippen LogP contribution in [-0.2, 0) is 57.0 Å². The van der Waals surface area contributed by atoms with Crippen LogP contribution in [0.2, 0.25) is 0 Å². The third-order valence-electron chi connectivity index (χ3n) is 7.81. The van der Waals surface area contributed by atoms with E-state index < -0.39 is 0 Å². The summed E-state index contributed by atoms with van der Waals surface area (Å²) in [4.78, 5) is 33.5. The van der Waals surface area contributed by atoms with Crippen LogP contribution in [0.4, 0.5) is 0 Å². The van der Waals surface area contributed by atoms with Gasteiger partial charge in [-0.25, -0.2) is 0 Å². The van der Waals surface area contributed by atoms with Crippen LogP contribution in [0.3, 0.4) is 0 Å². The Labute approximate surface area is 341 Å². The van der Waals surface area contributed by atoms with Crippen LogP contribution in [0.25, 0.3) is 11.4 Å². The summed E-state index contributed by atoms with van der Waals surface area (Å²) >= 11 is 10.0. The first kappa shape index (κ1) is 45.1. The average Bonchev–Trinajstić information content (AvgIpc) is 3.93. The van der Waals surface area contributed by atoms with E-state index in [9.17, 15) is 9.59 Å². The van der Waals surface area contributed by atoms with Crippen molar-refractivity contribution < 1.29 is 57.0 Å². The zero-order valence-electron chi connectivity index (χ0n) is 30.8. The Balaban J connectivity index is 1.28. The van der Waals surface area contributed by atoms with E-state index >= 15 is 0 Å². The fourth-order valence-electron chi connectivity index (χ4n) is 5.34. The van der Waals surface area contributed by atoms with Gasteiger partial charge in [-0.05, 0) is 56.1 Å². The van der Waals surface area contributed by atoms with Gasteiger partial charge in [0.15, 0.2) is 0 Å². The van der Waals surface area contributed by atoms with Crippen molar-refractivity contribution in [1.29, 1.82) is 0 Å². The van der Waals surface area contributed by atoms with Gasteiger partial charge >= 0.3 is 0 Å². The first-order chi connectivity index (χ1) is 26.5. The summed E-state index contributed by atoms with van der Waals surface area (Å²) in [6.07, 6.45) is 0. The van der Waals surface area contributed by atoms with Crippen molar-refractivity contribution in [3.8, 4) is 0 Å². The number of hydrogen-bond acceptors (Lipinski definition) is 14. The molecule has 0 bridgehead atoms. The number of halogens is 2. The van der Waals surface area contributed by atoms with Crippen molar-refractivity contribution in [3.05, 3.63) is 52.7 Å². The van der Waals surface area contributed by atoms with Crippen LogP contribution in [0.5, 0.6) is 0 Å². The first-order valence-corrected chi connectivity index (χ1v) is 20.9. The molecule has 0 aliphatic carbocycles. The van der Waals surface area contributed by atoms with E-state index in [1.54, 1.807) is 24.0 Å². The summed E-state index contributed by atoms with van der Waals surface area (Å²) in [5.41, 5.74) is 1.97. The van der Waals surface area contributed by atoms with E-state index in [0.717, 1.165) is 17.3 Å². The molecule has 0 aromatic carbocycles. The first-order valence-electron chi connectivity index (χ1n) is 17.7. The van der Waals surface area contributed by atoms with Gasteiger partial charge in [0.25, 0.3) is 11.8 Å². The maximum absolute atomic E-state index is 14.3. The van der Waals surface area contributed by atoms with Crippen LogP contribution in [-0.4, -0.2) is 168 Å². The smallest absolute Gasteiger partial charge is 0.261 e. The molecular weight excluding hydrogens is 876 g/mol. The Morgan fingerprint density at radius 3 is 0.981 bits per heavy atom. The molecule has 18 heteroatoms. The van der Waals surface area contributed by atoms with Gasteiger partial charge in [0.05, 0.1) is 159 Å². The summed E-state index contributed by atoms with van der Waals surface area (Å²) in [7, 11) is 3.27. The highest BCUT2D eigenvalue weighted by Crippen LogP contribution is 2.49. The average molecular weight is 927 g/mol. The van der Waals surface area contributed by atoms with Gasteiger partial charge in [-0.1, -0.05) is 0 Å². The third-order valence-corrected chi connectivity index (χ3v) is 11.1. The van der Waals surface area contributed by atoms with Crippen molar-refractivity contribution in [2.45, 2.75) is 0 Å². The van der Waals surface area contributed by atoms with Gasteiger partial charge in [-0.2, -0.15) is 0 Å². The molecule has 2 aromatic rings. The Bertz CT molecular complexity index is 1380. The van der Waals surface area contributed by atoms with Crippen LogP contribution < -0.4 is 0 Å². The minimum Gasteiger partial charge on any atom is -0.382 e. The topological polar surface area (TPSA) is 133 Å². The Kier molecular flexibility index (Phi) is 22.0. The number of fused-ring (bicyclic) bond motifs is 1. The number of amides is 2. The second-order valence-electron chi connectivity index (χ2n) is 11.5. The lowest BCUT2D eigenvalue weighted by molar-refractivity contribution is -0.124. The third kappa shape index (κ3) is 14.4. The van der Waals surface area contributed by atoms with Gasteiger partial charge in [-0.3, -0.25) is 9.59 Å². The number of thiophene rings is 2. The molecule has 4 rings (SSSR count). The molecule has 0 radical (unpaired) electrons. The Hall–Kier alpha value is -1.62. The SMILES string of the molecule is COCCOCCOCCOCCOCCN1C(=O)C2=C(c3ccc(Br)s3)N(CCOCCOCCOCCOCCOC)C(=O)C2=C1c1ccc(Br)s1. The van der Waals surface area contributed by atoms with Crippen LogP contribution in [0.15, 0.2) is 43.0 Å². The fourth-order valence-corrected chi connectivity index (χ4v) is 8.23. The van der Waals surface area contributed by atoms with E-state index in [2.05, 4.69) is 31.9 Å². The fraction of sp³-hybridized carbons (Fsp3) is 0.611. The van der Waals surface area contributed by atoms with Crippen LogP contribution >= 0.6 is 54.5 Å². The van der Waals surface area contributed by atoms with Crippen molar-refractivity contribution >= 4 is 77.7 Å². The molecule has 2 aromatic heterocycles. The number of methoxy groups -OCH3 is 2. The molecule has 0 atom stereocenters. The van der Waals surface area contributed by atoms with Gasteiger partial charge in [0.1, 0.15) is 0 Å². The van der Waals surface area contributed by atoms with E-state index in [1.165, 1.54) is 22.7 Å². The molecule has 0 saturated heterocycles. The van der Waals surface area contributed by atoms with Gasteiger partial charge in [0, 0.05) is 27.3 Å². The second kappa shape index (κ2) is 26.3. The number of carbonyl (C=O) groups excluding carboxylic acids is 2. The number of nitrogens with zero attached hydrogens (tertiary/aromatic N) is 2. The molecule has 14 nitrogen and oxygen atoms in total. The number of rotatable bonds is 32. The lowest BCUT2D eigenvalue weighted by atomic mass is 10.1. The van der Waals surface area contributed by atoms with Crippen LogP contribution in [0, 0.1) is 0 Å². The molecule has 0 N–H and O–H groups in total. The van der Waals surface area contributed by atoms with Gasteiger partial charge < -0.3 is 57.2 Å². The van der Waals surface area contributed by atoms with Gasteiger partial charge in [0.2, 0.25) is 0 Å². The summed E-state index contributed by atoms with van der Waals surface area (Å²) in [5, 5.41) is 0. The van der Waals surface area contributed by atoms with Crippen molar-refractivity contribution in [2.24, 2.45) is 0 Å². The highest BCUT2D eigenvalue weighted by molar-refractivity contribution is 9.11. The molecule has 0 spiro atoms. The molecule has 0 unspecified atom stereocenters. The molecule has 54 heavy (non-hydrogen) atoms. The molecule has 2 amide bonds. The molecular formula is C36H50Br2N2O12S2. The summed E-state index contributed by atoms with van der Waals surface area (Å²) in [6, 6.07) is 7.68. The van der Waals surface area contributed by atoms with Crippen molar-refractivity contribution in [1.82, 2.24) is 9.80 Å². The molecule has 0 saturated carbocycles. The maximum atomic E-state index is 14.3. The summed E-state index contributed by atoms with van der Waals surface area (Å²) < 4.78 is 56.3. The van der Waals surface area contributed by atoms with Gasteiger partial charge in [-0.15, -0.1) is 22.7 Å². The maximum Gasteiger partial charge on any atom is 0.261 e. The Morgan fingerprint density at radius 1 is 0.444 bits per heavy atom. The lowest BCUT2D eigenvalue weighted by Gasteiger charge is -2.24. The monoisotopic (exact) mass is 924 g/mol. The normalized spacial score (nSPS) is 14.5. The lowest BCUT2D eigenvalue weighted by Crippen LogP contribution is -2.33. The van der Waals surface area contributed by atoms with E-state index in [-0.39, 0.29) is 38.1 Å². The summed E-state index contributed by atoms with van der Waals surface area (Å²) in [6.45, 7) is 8.53. The van der Waals surface area contributed by atoms with Crippen molar-refractivity contribution in [3.63, 3.8) is 0 Å². The van der Waals surface area contributed by atoms with Crippen LogP contribution in [0.1, 0.15) is 9.75 Å². The summed E-state index contributed by atoms with van der Waals surface area (Å²) in [5.74, 6) is -0.470. The predicted molar refractivity (Wildman–Crippen MR) is 212 cm³/mol. The molecule has 0 fully saturated rings. The minimum atomic E-state index is -0.235. The number of hydrogen-bond donors (Lipinski definition) is 0. The van der Waals surface area contributed by atoms with Crippen molar-refractivity contribution in [2.75, 3.05) is 146 Å².